The summed E-state index contributed by atoms with van der Waals surface area (Å²) in [5.74, 6) is 5.00. The molecule has 308 valence electrons. The summed E-state index contributed by atoms with van der Waals surface area (Å²) in [6.07, 6.45) is 1.41. The van der Waals surface area contributed by atoms with Crippen LogP contribution in [0.2, 0.25) is 0 Å². The Balaban J connectivity index is 1.65. The Morgan fingerprint density at radius 2 is 1.40 bits per heavy atom. The first-order valence-electron chi connectivity index (χ1n) is 18.2. The Morgan fingerprint density at radius 1 is 0.789 bits per heavy atom. The minimum absolute atomic E-state index is 0.0339. The zero-order chi connectivity index (χ0) is 41.7. The Bertz CT molecular complexity index is 1810. The van der Waals surface area contributed by atoms with Gasteiger partial charge in [0.15, 0.2) is 12.6 Å². The van der Waals surface area contributed by atoms with Gasteiger partial charge in [-0.2, -0.15) is 5.12 Å². The molecule has 0 aromatic heterocycles. The van der Waals surface area contributed by atoms with Gasteiger partial charge in [-0.25, -0.2) is 15.4 Å². The fraction of sp³-hybridized carbons (Fsp3) is 0.421. The molecule has 3 aromatic carbocycles. The average molecular weight is 796 g/mol. The number of ether oxygens (including phenoxy) is 3. The highest BCUT2D eigenvalue weighted by atomic mass is 17.0. The lowest BCUT2D eigenvalue weighted by molar-refractivity contribution is -0.763. The zero-order valence-electron chi connectivity index (χ0n) is 32.2. The first-order valence-corrected chi connectivity index (χ1v) is 18.2. The van der Waals surface area contributed by atoms with E-state index in [9.17, 15) is 34.6 Å². The molecular formula is C38H49N7O12. The Morgan fingerprint density at radius 3 is 2.04 bits per heavy atom. The van der Waals surface area contributed by atoms with Gasteiger partial charge >= 0.3 is 12.1 Å². The molecule has 57 heavy (non-hydrogen) atoms. The van der Waals surface area contributed by atoms with Gasteiger partial charge in [-0.15, -0.1) is 25.3 Å². The predicted octanol–water partition coefficient (Wildman–Crippen LogP) is 5.24. The van der Waals surface area contributed by atoms with Crippen molar-refractivity contribution in [3.63, 3.8) is 0 Å². The van der Waals surface area contributed by atoms with E-state index in [1.807, 2.05) is 57.2 Å². The predicted molar refractivity (Wildman–Crippen MR) is 205 cm³/mol. The van der Waals surface area contributed by atoms with Crippen LogP contribution in [0.3, 0.4) is 0 Å². The molecule has 0 saturated carbocycles. The van der Waals surface area contributed by atoms with E-state index in [0.717, 1.165) is 28.2 Å². The Hall–Kier alpha value is -6.50. The van der Waals surface area contributed by atoms with Gasteiger partial charge in [0, 0.05) is 18.5 Å². The SMILES string of the molecule is CCCCC(=O)N(Cc1ccc(-c2ccccc2/C(N)=N/N(N)COC(=O)OCc2ccc(CO[N+](=O)[O-])cc2)cc1)C(C(=O)OCCCCO[N+](=O)[O-])C(C)C. The monoisotopic (exact) mass is 795 g/mol. The van der Waals surface area contributed by atoms with Crippen molar-refractivity contribution in [2.45, 2.75) is 78.7 Å². The van der Waals surface area contributed by atoms with Crippen molar-refractivity contribution in [1.29, 1.82) is 0 Å². The molecule has 0 heterocycles. The lowest BCUT2D eigenvalue weighted by Gasteiger charge is -2.33. The summed E-state index contributed by atoms with van der Waals surface area (Å²) in [7, 11) is 0. The fourth-order valence-electron chi connectivity index (χ4n) is 5.50. The zero-order valence-corrected chi connectivity index (χ0v) is 32.2. The van der Waals surface area contributed by atoms with E-state index >= 15 is 0 Å². The molecule has 1 unspecified atom stereocenters. The summed E-state index contributed by atoms with van der Waals surface area (Å²) >= 11 is 0. The van der Waals surface area contributed by atoms with Crippen LogP contribution in [0, 0.1) is 26.1 Å². The van der Waals surface area contributed by atoms with Crippen molar-refractivity contribution in [3.8, 4) is 11.1 Å². The second kappa shape index (κ2) is 23.4. The number of unbranched alkanes of at least 4 members (excludes halogenated alkanes) is 2. The third-order valence-corrected chi connectivity index (χ3v) is 8.34. The number of amides is 1. The fourth-order valence-corrected chi connectivity index (χ4v) is 5.50. The van der Waals surface area contributed by atoms with Gasteiger partial charge in [-0.05, 0) is 53.0 Å². The van der Waals surface area contributed by atoms with E-state index in [0.29, 0.717) is 36.0 Å². The Kier molecular flexibility index (Phi) is 18.5. The minimum Gasteiger partial charge on any atom is -0.464 e. The molecule has 0 aliphatic rings. The molecule has 0 bridgehead atoms. The molecule has 3 aromatic rings. The normalized spacial score (nSPS) is 11.6. The summed E-state index contributed by atoms with van der Waals surface area (Å²) in [6, 6.07) is 20.2. The van der Waals surface area contributed by atoms with Crippen LogP contribution in [0.1, 0.15) is 75.1 Å². The van der Waals surface area contributed by atoms with E-state index in [1.54, 1.807) is 41.3 Å². The number of hydrazine groups is 1. The highest BCUT2D eigenvalue weighted by molar-refractivity contribution is 6.03. The van der Waals surface area contributed by atoms with Gasteiger partial charge in [0.2, 0.25) is 5.91 Å². The second-order valence-corrected chi connectivity index (χ2v) is 13.0. The van der Waals surface area contributed by atoms with Crippen molar-refractivity contribution in [2.75, 3.05) is 19.9 Å². The van der Waals surface area contributed by atoms with Crippen LogP contribution in [0.5, 0.6) is 0 Å². The van der Waals surface area contributed by atoms with Crippen molar-refractivity contribution in [1.82, 2.24) is 10.0 Å². The number of hydrazone groups is 1. The van der Waals surface area contributed by atoms with Crippen LogP contribution in [0.25, 0.3) is 11.1 Å². The van der Waals surface area contributed by atoms with Crippen molar-refractivity contribution < 1.29 is 48.4 Å². The molecule has 0 saturated heterocycles. The van der Waals surface area contributed by atoms with Crippen molar-refractivity contribution >= 4 is 23.9 Å². The molecule has 1 amide bonds. The molecular weight excluding hydrogens is 746 g/mol. The summed E-state index contributed by atoms with van der Waals surface area (Å²) in [4.78, 5) is 69.9. The van der Waals surface area contributed by atoms with Crippen molar-refractivity contribution in [3.05, 3.63) is 115 Å². The number of rotatable bonds is 24. The number of nitrogens with two attached hydrogens (primary N) is 2. The number of benzene rings is 3. The molecule has 0 aliphatic carbocycles. The maximum atomic E-state index is 13.5. The number of carbonyl (C=O) groups is 3. The summed E-state index contributed by atoms with van der Waals surface area (Å²) in [6.45, 7) is 4.94. The van der Waals surface area contributed by atoms with Crippen LogP contribution < -0.4 is 11.6 Å². The first kappa shape index (κ1) is 44.9. The molecule has 0 aliphatic heterocycles. The van der Waals surface area contributed by atoms with Crippen LogP contribution in [0.4, 0.5) is 4.79 Å². The quantitative estimate of drug-likeness (QED) is 0.0172. The van der Waals surface area contributed by atoms with Gasteiger partial charge in [0.25, 0.3) is 10.2 Å². The summed E-state index contributed by atoms with van der Waals surface area (Å²) in [5, 5.41) is 23.9. The smallest absolute Gasteiger partial charge is 0.464 e. The molecule has 3 rings (SSSR count). The highest BCUT2D eigenvalue weighted by Gasteiger charge is 2.33. The van der Waals surface area contributed by atoms with Gasteiger partial charge in [-0.3, -0.25) is 4.79 Å². The number of hydrogen-bond acceptors (Lipinski definition) is 15. The topological polar surface area (TPSA) is 255 Å². The molecule has 4 N–H and O–H groups in total. The number of amidine groups is 1. The molecule has 0 spiro atoms. The number of nitrogens with zero attached hydrogens (tertiary/aromatic N) is 5. The third kappa shape index (κ3) is 15.6. The van der Waals surface area contributed by atoms with Gasteiger partial charge in [0.1, 0.15) is 19.3 Å². The molecule has 0 fully saturated rings. The van der Waals surface area contributed by atoms with E-state index in [4.69, 9.17) is 25.8 Å². The maximum Gasteiger partial charge on any atom is 0.510 e. The highest BCUT2D eigenvalue weighted by Crippen LogP contribution is 2.26. The number of carbonyl (C=O) groups excluding carboxylic acids is 3. The van der Waals surface area contributed by atoms with Crippen molar-refractivity contribution in [2.24, 2.45) is 22.6 Å². The van der Waals surface area contributed by atoms with E-state index < -0.39 is 35.1 Å². The van der Waals surface area contributed by atoms with Crippen LogP contribution in [0.15, 0.2) is 77.9 Å². The average Bonchev–Trinajstić information content (AvgIpc) is 3.19. The first-order chi connectivity index (χ1) is 27.3. The summed E-state index contributed by atoms with van der Waals surface area (Å²) in [5.41, 5.74) is 10.3. The number of esters is 1. The van der Waals surface area contributed by atoms with Crippen LogP contribution in [-0.2, 0) is 53.2 Å². The molecule has 19 heteroatoms. The number of hydrogen-bond donors (Lipinski definition) is 2. The van der Waals surface area contributed by atoms with Gasteiger partial charge < -0.3 is 34.5 Å². The minimum atomic E-state index is -1.01. The maximum absolute atomic E-state index is 13.5. The lowest BCUT2D eigenvalue weighted by atomic mass is 9.97. The van der Waals surface area contributed by atoms with E-state index in [2.05, 4.69) is 14.8 Å². The van der Waals surface area contributed by atoms with Gasteiger partial charge in [-0.1, -0.05) is 100.0 Å². The van der Waals surface area contributed by atoms with Crippen LogP contribution in [-0.4, -0.2) is 70.0 Å². The second-order valence-electron chi connectivity index (χ2n) is 13.0. The lowest BCUT2D eigenvalue weighted by Crippen LogP contribution is -2.48. The van der Waals surface area contributed by atoms with Gasteiger partial charge in [0.05, 0.1) is 13.2 Å². The van der Waals surface area contributed by atoms with Crippen LogP contribution >= 0.6 is 0 Å². The third-order valence-electron chi connectivity index (χ3n) is 8.34. The van der Waals surface area contributed by atoms with E-state index in [1.165, 1.54) is 0 Å². The standard InChI is InChI=1S/C38H49N7O12/c1-4-5-12-34(46)42(35(27(2)3)37(47)53-21-8-9-22-56-44(49)50)23-28-17-19-31(20-18-28)32-10-6-7-11-33(32)36(39)41-43(40)26-55-38(48)54-24-29-13-15-30(16-14-29)25-57-45(51)52/h6-7,10-11,13-20,27,35H,4-5,8-9,12,21-26,40H2,1-3H3,(H2,39,41). The summed E-state index contributed by atoms with van der Waals surface area (Å²) < 4.78 is 15.6. The molecule has 19 nitrogen and oxygen atoms in total. The molecule has 0 radical (unpaired) electrons. The Labute approximate surface area is 329 Å². The molecule has 1 atom stereocenters. The largest absolute Gasteiger partial charge is 0.510 e. The van der Waals surface area contributed by atoms with E-state index in [-0.39, 0.29) is 57.1 Å².